The van der Waals surface area contributed by atoms with Gasteiger partial charge in [0.2, 0.25) is 0 Å². The molecule has 4 heteroatoms. The minimum atomic E-state index is -0.386. The van der Waals surface area contributed by atoms with Crippen LogP contribution in [0.5, 0.6) is 0 Å². The molecule has 0 unspecified atom stereocenters. The fourth-order valence-corrected chi connectivity index (χ4v) is 2.27. The molecule has 0 aliphatic heterocycles. The van der Waals surface area contributed by atoms with Crippen molar-refractivity contribution in [3.8, 4) is 0 Å². The third-order valence-corrected chi connectivity index (χ3v) is 3.27. The van der Waals surface area contributed by atoms with E-state index in [1.165, 1.54) is 18.2 Å². The maximum atomic E-state index is 13.1. The number of nitrogens with one attached hydrogen (secondary N) is 1. The molecule has 0 fully saturated rings. The predicted molar refractivity (Wildman–Crippen MR) is 78.0 cm³/mol. The molecule has 0 aliphatic carbocycles. The Kier molecular flexibility index (Phi) is 4.00. The van der Waals surface area contributed by atoms with Crippen LogP contribution in [0, 0.1) is 19.7 Å². The van der Waals surface area contributed by atoms with E-state index < -0.39 is 0 Å². The van der Waals surface area contributed by atoms with Crippen LogP contribution in [0.1, 0.15) is 21.5 Å². The highest BCUT2D eigenvalue weighted by Gasteiger charge is 2.09. The van der Waals surface area contributed by atoms with Crippen molar-refractivity contribution in [1.29, 1.82) is 0 Å². The smallest absolute Gasteiger partial charge is 0.255 e. The van der Waals surface area contributed by atoms with E-state index >= 15 is 0 Å². The molecular weight excluding hydrogens is 309 g/mol. The van der Waals surface area contributed by atoms with Gasteiger partial charge in [0.05, 0.1) is 4.47 Å². The summed E-state index contributed by atoms with van der Waals surface area (Å²) in [4.78, 5) is 12.0. The van der Waals surface area contributed by atoms with E-state index in [2.05, 4.69) is 21.2 Å². The van der Waals surface area contributed by atoms with Crippen molar-refractivity contribution in [2.75, 3.05) is 5.32 Å². The molecule has 2 aromatic carbocycles. The molecule has 2 nitrogen and oxygen atoms in total. The zero-order chi connectivity index (χ0) is 14.0. The van der Waals surface area contributed by atoms with Crippen molar-refractivity contribution >= 4 is 27.5 Å². The van der Waals surface area contributed by atoms with E-state index in [4.69, 9.17) is 0 Å². The van der Waals surface area contributed by atoms with Gasteiger partial charge in [0.1, 0.15) is 5.82 Å². The van der Waals surface area contributed by atoms with Gasteiger partial charge in [0.15, 0.2) is 0 Å². The highest BCUT2D eigenvalue weighted by molar-refractivity contribution is 9.10. The second-order valence-corrected chi connectivity index (χ2v) is 5.31. The molecule has 0 bridgehead atoms. The number of anilines is 1. The molecule has 2 rings (SSSR count). The lowest BCUT2D eigenvalue weighted by molar-refractivity contribution is 0.102. The lowest BCUT2D eigenvalue weighted by atomic mass is 10.1. The summed E-state index contributed by atoms with van der Waals surface area (Å²) in [5, 5.41) is 2.80. The van der Waals surface area contributed by atoms with Crippen molar-refractivity contribution in [1.82, 2.24) is 0 Å². The summed E-state index contributed by atoms with van der Waals surface area (Å²) >= 11 is 3.07. The molecule has 0 saturated heterocycles. The Morgan fingerprint density at radius 3 is 2.32 bits per heavy atom. The van der Waals surface area contributed by atoms with Gasteiger partial charge < -0.3 is 5.32 Å². The summed E-state index contributed by atoms with van der Waals surface area (Å²) < 4.78 is 13.4. The quantitative estimate of drug-likeness (QED) is 0.869. The summed E-state index contributed by atoms with van der Waals surface area (Å²) in [5.41, 5.74) is 3.31. The van der Waals surface area contributed by atoms with Gasteiger partial charge in [-0.3, -0.25) is 4.79 Å². The van der Waals surface area contributed by atoms with E-state index in [0.717, 1.165) is 16.8 Å². The Hall–Kier alpha value is -1.68. The van der Waals surface area contributed by atoms with Crippen molar-refractivity contribution in [2.45, 2.75) is 13.8 Å². The van der Waals surface area contributed by atoms with Gasteiger partial charge in [0, 0.05) is 11.3 Å². The monoisotopic (exact) mass is 321 g/mol. The van der Waals surface area contributed by atoms with Crippen LogP contribution in [-0.2, 0) is 0 Å². The van der Waals surface area contributed by atoms with E-state index in [0.29, 0.717) is 5.56 Å². The molecule has 0 aromatic heterocycles. The van der Waals surface area contributed by atoms with Crippen LogP contribution in [-0.4, -0.2) is 5.91 Å². The minimum absolute atomic E-state index is 0.259. The average Bonchev–Trinajstić information content (AvgIpc) is 2.31. The molecule has 98 valence electrons. The molecule has 0 saturated carbocycles. The van der Waals surface area contributed by atoms with Crippen molar-refractivity contribution < 1.29 is 9.18 Å². The molecule has 1 N–H and O–H groups in total. The summed E-state index contributed by atoms with van der Waals surface area (Å²) in [6.07, 6.45) is 0. The van der Waals surface area contributed by atoms with Crippen LogP contribution in [0.25, 0.3) is 0 Å². The van der Waals surface area contributed by atoms with Crippen molar-refractivity contribution in [3.63, 3.8) is 0 Å². The summed E-state index contributed by atoms with van der Waals surface area (Å²) in [6.45, 7) is 3.94. The van der Waals surface area contributed by atoms with Crippen LogP contribution >= 0.6 is 15.9 Å². The van der Waals surface area contributed by atoms with Crippen molar-refractivity contribution in [3.05, 3.63) is 63.4 Å². The molecule has 0 aliphatic rings. The molecule has 19 heavy (non-hydrogen) atoms. The first-order valence-corrected chi connectivity index (χ1v) is 6.60. The first kappa shape index (κ1) is 13.7. The Labute approximate surface area is 119 Å². The van der Waals surface area contributed by atoms with E-state index in [1.54, 1.807) is 0 Å². The van der Waals surface area contributed by atoms with Crippen LogP contribution in [0.2, 0.25) is 0 Å². The van der Waals surface area contributed by atoms with Gasteiger partial charge in [-0.15, -0.1) is 0 Å². The second kappa shape index (κ2) is 5.53. The molecule has 0 radical (unpaired) electrons. The Morgan fingerprint density at radius 1 is 1.11 bits per heavy atom. The maximum absolute atomic E-state index is 13.1. The van der Waals surface area contributed by atoms with E-state index in [9.17, 15) is 9.18 Å². The van der Waals surface area contributed by atoms with Gasteiger partial charge in [-0.1, -0.05) is 6.07 Å². The van der Waals surface area contributed by atoms with Crippen molar-refractivity contribution in [2.24, 2.45) is 0 Å². The zero-order valence-electron chi connectivity index (χ0n) is 10.6. The number of halogens is 2. The summed E-state index contributed by atoms with van der Waals surface area (Å²) in [7, 11) is 0. The van der Waals surface area contributed by atoms with Crippen LogP contribution in [0.4, 0.5) is 10.1 Å². The molecule has 0 spiro atoms. The lowest BCUT2D eigenvalue weighted by Crippen LogP contribution is -2.12. The van der Waals surface area contributed by atoms with Gasteiger partial charge in [-0.25, -0.2) is 4.39 Å². The van der Waals surface area contributed by atoms with Crippen LogP contribution < -0.4 is 5.32 Å². The number of carbonyl (C=O) groups is 1. The summed E-state index contributed by atoms with van der Waals surface area (Å²) in [6, 6.07) is 10.0. The molecule has 0 heterocycles. The zero-order valence-corrected chi connectivity index (χ0v) is 12.2. The molecular formula is C15H13BrFNO. The molecule has 2 aromatic rings. The Morgan fingerprint density at radius 2 is 1.74 bits per heavy atom. The largest absolute Gasteiger partial charge is 0.322 e. The third-order valence-electron chi connectivity index (χ3n) is 2.66. The first-order valence-electron chi connectivity index (χ1n) is 5.80. The normalized spacial score (nSPS) is 10.3. The maximum Gasteiger partial charge on any atom is 0.255 e. The Bertz CT molecular complexity index is 620. The van der Waals surface area contributed by atoms with E-state index in [-0.39, 0.29) is 16.2 Å². The predicted octanol–water partition coefficient (Wildman–Crippen LogP) is 4.46. The number of aryl methyl sites for hydroxylation is 2. The fourth-order valence-electron chi connectivity index (χ4n) is 1.89. The number of rotatable bonds is 2. The number of amides is 1. The number of carbonyl (C=O) groups excluding carboxylic acids is 1. The van der Waals surface area contributed by atoms with Crippen LogP contribution in [0.3, 0.4) is 0 Å². The SMILES string of the molecule is Cc1cc(C)cc(NC(=O)c2ccc(F)c(Br)c2)c1. The topological polar surface area (TPSA) is 29.1 Å². The highest BCUT2D eigenvalue weighted by atomic mass is 79.9. The fraction of sp³-hybridized carbons (Fsp3) is 0.133. The van der Waals surface area contributed by atoms with Gasteiger partial charge in [0.25, 0.3) is 5.91 Å². The van der Waals surface area contributed by atoms with E-state index in [1.807, 2.05) is 32.0 Å². The number of benzene rings is 2. The lowest BCUT2D eigenvalue weighted by Gasteiger charge is -2.08. The second-order valence-electron chi connectivity index (χ2n) is 4.46. The van der Waals surface area contributed by atoms with Gasteiger partial charge >= 0.3 is 0 Å². The molecule has 0 atom stereocenters. The highest BCUT2D eigenvalue weighted by Crippen LogP contribution is 2.19. The first-order chi connectivity index (χ1) is 8.95. The van der Waals surface area contributed by atoms with Crippen LogP contribution in [0.15, 0.2) is 40.9 Å². The average molecular weight is 322 g/mol. The Balaban J connectivity index is 2.22. The van der Waals surface area contributed by atoms with Gasteiger partial charge in [-0.2, -0.15) is 0 Å². The number of hydrogen-bond donors (Lipinski definition) is 1. The molecule has 1 amide bonds. The third kappa shape index (κ3) is 3.41. The standard InChI is InChI=1S/C15H13BrFNO/c1-9-5-10(2)7-12(6-9)18-15(19)11-3-4-14(17)13(16)8-11/h3-8H,1-2H3,(H,18,19). The number of hydrogen-bond acceptors (Lipinski definition) is 1. The summed E-state index contributed by atoms with van der Waals surface area (Å²) in [5.74, 6) is -0.645. The minimum Gasteiger partial charge on any atom is -0.322 e. The van der Waals surface area contributed by atoms with Gasteiger partial charge in [-0.05, 0) is 71.2 Å².